The molecule has 0 unspecified atom stereocenters. The molecule has 0 saturated carbocycles. The van der Waals surface area contributed by atoms with Crippen LogP contribution in [-0.2, 0) is 13.1 Å². The first-order chi connectivity index (χ1) is 13.1. The van der Waals surface area contributed by atoms with Crippen LogP contribution >= 0.6 is 0 Å². The molecular formula is C20H28N4O3. The number of piperazine rings is 1. The highest BCUT2D eigenvalue weighted by molar-refractivity contribution is 5.91. The molecule has 0 spiro atoms. The van der Waals surface area contributed by atoms with Crippen molar-refractivity contribution in [3.63, 3.8) is 0 Å². The Hall–Kier alpha value is -2.38. The lowest BCUT2D eigenvalue weighted by Gasteiger charge is -2.34. The summed E-state index contributed by atoms with van der Waals surface area (Å²) in [5, 5.41) is 9.92. The molecule has 0 atom stereocenters. The quantitative estimate of drug-likeness (QED) is 0.803. The molecule has 0 aliphatic carbocycles. The third-order valence-electron chi connectivity index (χ3n) is 4.89. The molecule has 1 aliphatic rings. The number of aromatic hydroxyl groups is 1. The number of benzene rings is 1. The van der Waals surface area contributed by atoms with E-state index in [1.165, 1.54) is 6.26 Å². The van der Waals surface area contributed by atoms with Gasteiger partial charge in [-0.05, 0) is 12.5 Å². The molecule has 1 N–H and O–H groups in total. The molecule has 27 heavy (non-hydrogen) atoms. The van der Waals surface area contributed by atoms with Gasteiger partial charge < -0.3 is 14.4 Å². The summed E-state index contributed by atoms with van der Waals surface area (Å²) in [6.45, 7) is 7.73. The van der Waals surface area contributed by atoms with Gasteiger partial charge in [-0.3, -0.25) is 14.6 Å². The Bertz CT molecular complexity index is 753. The maximum atomic E-state index is 12.2. The minimum Gasteiger partial charge on any atom is -0.508 e. The summed E-state index contributed by atoms with van der Waals surface area (Å²) in [6, 6.07) is 7.48. The molecular weight excluding hydrogens is 344 g/mol. The first kappa shape index (κ1) is 19.4. The molecule has 2 aromatic rings. The van der Waals surface area contributed by atoms with Crippen LogP contribution in [0.3, 0.4) is 0 Å². The fourth-order valence-electron chi connectivity index (χ4n) is 3.30. The molecule has 1 aromatic carbocycles. The fourth-order valence-corrected chi connectivity index (χ4v) is 3.30. The van der Waals surface area contributed by atoms with E-state index in [1.807, 2.05) is 25.1 Å². The second-order valence-electron chi connectivity index (χ2n) is 7.03. The number of aromatic nitrogens is 1. The molecule has 1 fully saturated rings. The third-order valence-corrected chi connectivity index (χ3v) is 4.89. The molecule has 1 amide bonds. The van der Waals surface area contributed by atoms with Crippen LogP contribution in [-0.4, -0.2) is 70.5 Å². The number of hydrogen-bond donors (Lipinski definition) is 1. The maximum Gasteiger partial charge on any atom is 0.275 e. The third kappa shape index (κ3) is 5.08. The number of carbonyl (C=O) groups excluding carboxylic acids is 1. The molecule has 0 radical (unpaired) electrons. The van der Waals surface area contributed by atoms with Crippen LogP contribution in [0.15, 0.2) is 34.9 Å². The first-order valence-corrected chi connectivity index (χ1v) is 9.48. The van der Waals surface area contributed by atoms with Crippen molar-refractivity contribution in [2.75, 3.05) is 39.8 Å². The van der Waals surface area contributed by atoms with E-state index in [0.29, 0.717) is 30.4 Å². The molecule has 1 aromatic heterocycles. The van der Waals surface area contributed by atoms with Crippen LogP contribution < -0.4 is 0 Å². The monoisotopic (exact) mass is 372 g/mol. The molecule has 7 heteroatoms. The summed E-state index contributed by atoms with van der Waals surface area (Å²) in [7, 11) is 1.78. The zero-order valence-corrected chi connectivity index (χ0v) is 16.1. The van der Waals surface area contributed by atoms with Crippen LogP contribution in [0.4, 0.5) is 0 Å². The average molecular weight is 372 g/mol. The van der Waals surface area contributed by atoms with Crippen LogP contribution in [0.1, 0.15) is 35.3 Å². The highest BCUT2D eigenvalue weighted by Crippen LogP contribution is 2.19. The van der Waals surface area contributed by atoms with E-state index in [9.17, 15) is 9.90 Å². The summed E-state index contributed by atoms with van der Waals surface area (Å²) >= 11 is 0. The van der Waals surface area contributed by atoms with E-state index in [0.717, 1.165) is 44.7 Å². The molecule has 0 bridgehead atoms. The van der Waals surface area contributed by atoms with Gasteiger partial charge in [0.25, 0.3) is 5.91 Å². The van der Waals surface area contributed by atoms with Crippen molar-refractivity contribution in [3.8, 4) is 5.75 Å². The van der Waals surface area contributed by atoms with Crippen molar-refractivity contribution in [2.45, 2.75) is 26.4 Å². The second kappa shape index (κ2) is 9.01. The number of carbonyl (C=O) groups is 1. The topological polar surface area (TPSA) is 73.1 Å². The number of oxazole rings is 1. The Kier molecular flexibility index (Phi) is 6.47. The number of phenols is 1. The number of amides is 1. The average Bonchev–Trinajstić information content (AvgIpc) is 3.13. The zero-order valence-electron chi connectivity index (χ0n) is 16.1. The van der Waals surface area contributed by atoms with Crippen LogP contribution in [0.5, 0.6) is 5.75 Å². The summed E-state index contributed by atoms with van der Waals surface area (Å²) in [5.41, 5.74) is 1.33. The van der Waals surface area contributed by atoms with E-state index in [-0.39, 0.29) is 5.91 Å². The zero-order chi connectivity index (χ0) is 19.2. The Labute approximate surface area is 160 Å². The van der Waals surface area contributed by atoms with Crippen molar-refractivity contribution in [1.29, 1.82) is 0 Å². The summed E-state index contributed by atoms with van der Waals surface area (Å²) < 4.78 is 5.51. The van der Waals surface area contributed by atoms with Gasteiger partial charge in [-0.2, -0.15) is 0 Å². The van der Waals surface area contributed by atoms with Gasteiger partial charge >= 0.3 is 0 Å². The van der Waals surface area contributed by atoms with Gasteiger partial charge in [0.1, 0.15) is 12.0 Å². The second-order valence-corrected chi connectivity index (χ2v) is 7.03. The van der Waals surface area contributed by atoms with E-state index in [2.05, 4.69) is 14.8 Å². The number of rotatable bonds is 7. The number of phenolic OH excluding ortho intramolecular Hbond substituents is 1. The van der Waals surface area contributed by atoms with Gasteiger partial charge in [0, 0.05) is 51.9 Å². The van der Waals surface area contributed by atoms with Gasteiger partial charge in [0.15, 0.2) is 5.69 Å². The van der Waals surface area contributed by atoms with Gasteiger partial charge in [-0.25, -0.2) is 4.98 Å². The van der Waals surface area contributed by atoms with Crippen LogP contribution in [0.25, 0.3) is 0 Å². The number of nitrogens with zero attached hydrogens (tertiary/aromatic N) is 4. The van der Waals surface area contributed by atoms with E-state index in [4.69, 9.17) is 4.42 Å². The highest BCUT2D eigenvalue weighted by Gasteiger charge is 2.21. The van der Waals surface area contributed by atoms with Gasteiger partial charge in [0.2, 0.25) is 5.89 Å². The Morgan fingerprint density at radius 2 is 1.85 bits per heavy atom. The minimum absolute atomic E-state index is 0.0978. The number of hydrogen-bond acceptors (Lipinski definition) is 6. The van der Waals surface area contributed by atoms with E-state index < -0.39 is 0 Å². The molecule has 3 rings (SSSR count). The molecule has 7 nitrogen and oxygen atoms in total. The lowest BCUT2D eigenvalue weighted by atomic mass is 10.1. The van der Waals surface area contributed by atoms with Crippen molar-refractivity contribution >= 4 is 5.91 Å². The van der Waals surface area contributed by atoms with Crippen molar-refractivity contribution < 1.29 is 14.3 Å². The van der Waals surface area contributed by atoms with Crippen LogP contribution in [0.2, 0.25) is 0 Å². The summed E-state index contributed by atoms with van der Waals surface area (Å²) in [4.78, 5) is 22.9. The predicted molar refractivity (Wildman–Crippen MR) is 102 cm³/mol. The Morgan fingerprint density at radius 3 is 2.52 bits per heavy atom. The van der Waals surface area contributed by atoms with Gasteiger partial charge in [-0.1, -0.05) is 25.1 Å². The number of para-hydroxylation sites is 1. The van der Waals surface area contributed by atoms with Crippen molar-refractivity contribution in [2.24, 2.45) is 0 Å². The van der Waals surface area contributed by atoms with Crippen molar-refractivity contribution in [3.05, 3.63) is 47.7 Å². The fraction of sp³-hybridized carbons (Fsp3) is 0.500. The van der Waals surface area contributed by atoms with Gasteiger partial charge in [0.05, 0.1) is 6.54 Å². The minimum atomic E-state index is -0.0978. The SMILES string of the molecule is CCCN(C)C(=O)c1coc(CN2CCN(Cc3ccccc3O)CC2)n1. The van der Waals surface area contributed by atoms with E-state index in [1.54, 1.807) is 18.0 Å². The maximum absolute atomic E-state index is 12.2. The summed E-state index contributed by atoms with van der Waals surface area (Å²) in [6.07, 6.45) is 2.37. The normalized spacial score (nSPS) is 15.8. The van der Waals surface area contributed by atoms with Crippen LogP contribution in [0, 0.1) is 0 Å². The molecule has 2 heterocycles. The lowest BCUT2D eigenvalue weighted by Crippen LogP contribution is -2.45. The van der Waals surface area contributed by atoms with Gasteiger partial charge in [-0.15, -0.1) is 0 Å². The first-order valence-electron chi connectivity index (χ1n) is 9.48. The molecule has 1 aliphatic heterocycles. The van der Waals surface area contributed by atoms with E-state index >= 15 is 0 Å². The largest absolute Gasteiger partial charge is 0.508 e. The van der Waals surface area contributed by atoms with Crippen molar-refractivity contribution in [1.82, 2.24) is 19.7 Å². The lowest BCUT2D eigenvalue weighted by molar-refractivity contribution is 0.0789. The standard InChI is InChI=1S/C20H28N4O3/c1-3-8-22(2)20(26)17-15-27-19(21-17)14-24-11-9-23(10-12-24)13-16-6-4-5-7-18(16)25/h4-7,15,25H,3,8-14H2,1-2H3. The smallest absolute Gasteiger partial charge is 0.275 e. The molecule has 1 saturated heterocycles. The predicted octanol–water partition coefficient (Wildman–Crippen LogP) is 2.18. The Balaban J connectivity index is 1.48. The highest BCUT2D eigenvalue weighted by atomic mass is 16.3. The summed E-state index contributed by atoms with van der Waals surface area (Å²) in [5.74, 6) is 0.835. The molecule has 146 valence electrons. The Morgan fingerprint density at radius 1 is 1.19 bits per heavy atom.